The molecule has 6 atom stereocenters. The van der Waals surface area contributed by atoms with E-state index in [4.69, 9.17) is 10.5 Å². The Bertz CT molecular complexity index is 1850. The van der Waals surface area contributed by atoms with E-state index in [0.29, 0.717) is 49.2 Å². The summed E-state index contributed by atoms with van der Waals surface area (Å²) in [5.74, 6) is -2.75. The fraction of sp³-hybridized carbons (Fsp3) is 0.625. The highest BCUT2D eigenvalue weighted by Crippen LogP contribution is 2.19. The van der Waals surface area contributed by atoms with Crippen LogP contribution in [0.1, 0.15) is 113 Å². The van der Waals surface area contributed by atoms with E-state index >= 15 is 0 Å². The Hall–Kier alpha value is -5.94. The number of nitrogens with two attached hydrogens (primary N) is 1. The van der Waals surface area contributed by atoms with Crippen LogP contribution in [0.2, 0.25) is 0 Å². The summed E-state index contributed by atoms with van der Waals surface area (Å²) in [5, 5.41) is 13.8. The monoisotopic (exact) mass is 924 g/mol. The molecule has 0 saturated heterocycles. The van der Waals surface area contributed by atoms with Crippen LogP contribution in [0, 0.1) is 23.7 Å². The molecule has 1 aromatic rings. The van der Waals surface area contributed by atoms with Crippen LogP contribution in [-0.4, -0.2) is 120 Å². The third-order valence-electron chi connectivity index (χ3n) is 12.0. The highest BCUT2D eigenvalue weighted by atomic mass is 16.6. The molecule has 18 heteroatoms. The van der Waals surface area contributed by atoms with Crippen LogP contribution in [0.15, 0.2) is 48.7 Å². The normalized spacial score (nSPS) is 15.1. The molecule has 0 radical (unpaired) electrons. The van der Waals surface area contributed by atoms with Gasteiger partial charge in [-0.25, -0.2) is 9.59 Å². The Morgan fingerprint density at radius 2 is 1.39 bits per heavy atom. The number of carbonyl (C=O) groups excluding carboxylic acids is 8. The maximum Gasteiger partial charge on any atom is 0.410 e. The molecule has 1 aliphatic rings. The summed E-state index contributed by atoms with van der Waals surface area (Å²) in [4.78, 5) is 108. The molecule has 7 N–H and O–H groups in total. The predicted octanol–water partition coefficient (Wildman–Crippen LogP) is 4.80. The molecule has 1 unspecified atom stereocenters. The number of nitrogens with zero attached hydrogens (tertiary/aromatic N) is 3. The molecule has 9 amide bonds. The number of hydrogen-bond acceptors (Lipinski definition) is 9. The average molecular weight is 924 g/mol. The molecule has 0 aliphatic carbocycles. The van der Waals surface area contributed by atoms with Gasteiger partial charge in [0.25, 0.3) is 5.91 Å². The van der Waals surface area contributed by atoms with E-state index in [-0.39, 0.29) is 73.4 Å². The van der Waals surface area contributed by atoms with Crippen LogP contribution in [-0.2, 0) is 40.1 Å². The van der Waals surface area contributed by atoms with Crippen molar-refractivity contribution in [1.29, 1.82) is 0 Å². The van der Waals surface area contributed by atoms with Crippen LogP contribution in [0.25, 0.3) is 0 Å². The number of amides is 9. The summed E-state index contributed by atoms with van der Waals surface area (Å²) in [5.41, 5.74) is 6.82. The first-order chi connectivity index (χ1) is 31.0. The highest BCUT2D eigenvalue weighted by Gasteiger charge is 2.36. The molecule has 0 bridgehead atoms. The smallest absolute Gasteiger partial charge is 0.410 e. The second-order valence-corrected chi connectivity index (χ2v) is 18.3. The molecule has 0 spiro atoms. The molecular formula is C48H77N9O9. The third-order valence-corrected chi connectivity index (χ3v) is 12.0. The van der Waals surface area contributed by atoms with Crippen molar-refractivity contribution >= 4 is 53.3 Å². The topological polar surface area (TPSA) is 242 Å². The van der Waals surface area contributed by atoms with Gasteiger partial charge in [-0.1, -0.05) is 86.9 Å². The predicted molar refractivity (Wildman–Crippen MR) is 254 cm³/mol. The van der Waals surface area contributed by atoms with Crippen molar-refractivity contribution < 1.29 is 43.1 Å². The number of allylic oxidation sites excluding steroid dienone is 1. The Morgan fingerprint density at radius 1 is 0.758 bits per heavy atom. The molecule has 1 aliphatic heterocycles. The highest BCUT2D eigenvalue weighted by molar-refractivity contribution is 5.98. The summed E-state index contributed by atoms with van der Waals surface area (Å²) >= 11 is 0. The molecule has 1 heterocycles. The minimum Gasteiger partial charge on any atom is -0.445 e. The minimum absolute atomic E-state index is 0.0316. The number of primary amides is 1. The number of anilines is 1. The SMILES string of the molecule is C=C1C=CC(=O)N1CCCCCC(=O)N[C@H](C(=O)N[C@@H](CCCNC(N)=O)C(=O)Nc1ccc(COC(=O)N(C)[C@H](C(=O)NC(C(=O)N(C)[C@H](C)[C@@H](C)CC)C(C)C)C(C)C)cc1)C(C)C. The summed E-state index contributed by atoms with van der Waals surface area (Å²) in [6.07, 6.45) is 5.83. The van der Waals surface area contributed by atoms with Gasteiger partial charge >= 0.3 is 12.1 Å². The maximum atomic E-state index is 13.7. The fourth-order valence-corrected chi connectivity index (χ4v) is 7.40. The Morgan fingerprint density at radius 3 is 1.94 bits per heavy atom. The quantitative estimate of drug-likeness (QED) is 0.0664. The van der Waals surface area contributed by atoms with Gasteiger partial charge in [0.05, 0.1) is 0 Å². The molecule has 0 aromatic heterocycles. The lowest BCUT2D eigenvalue weighted by atomic mass is 9.96. The number of ether oxygens (including phenoxy) is 1. The van der Waals surface area contributed by atoms with Gasteiger partial charge in [0.2, 0.25) is 29.5 Å². The zero-order chi connectivity index (χ0) is 49.8. The van der Waals surface area contributed by atoms with Gasteiger partial charge < -0.3 is 46.9 Å². The standard InChI is InChI=1S/C48H77N9O9/c1-13-32(8)34(10)55(11)46(63)41(30(4)5)54-45(62)42(31(6)7)56(12)48(65)66-28-35-21-23-36(24-22-35)51-43(60)37(18-17-26-50-47(49)64)52-44(61)40(29(2)3)53-38(58)19-15-14-16-27-57-33(9)20-25-39(57)59/h20-25,29-32,34,37,40-42H,9,13-19,26-28H2,1-8,10-12H3,(H,51,60)(H,52,61)(H,53,58)(H,54,62)(H3,49,50,64)/t32-,34+,37-,40-,41?,42-/m0/s1. The van der Waals surface area contributed by atoms with Crippen molar-refractivity contribution in [2.45, 2.75) is 144 Å². The summed E-state index contributed by atoms with van der Waals surface area (Å²) in [6, 6.07) is 2.06. The van der Waals surface area contributed by atoms with E-state index in [2.05, 4.69) is 47.0 Å². The van der Waals surface area contributed by atoms with Crippen molar-refractivity contribution in [3.8, 4) is 0 Å². The zero-order valence-corrected chi connectivity index (χ0v) is 41.0. The van der Waals surface area contributed by atoms with Crippen LogP contribution in [0.4, 0.5) is 15.3 Å². The van der Waals surface area contributed by atoms with Crippen LogP contribution >= 0.6 is 0 Å². The Kier molecular flexibility index (Phi) is 23.4. The van der Waals surface area contributed by atoms with Crippen LogP contribution in [0.3, 0.4) is 0 Å². The molecule has 1 aromatic carbocycles. The minimum atomic E-state index is -1.05. The number of nitrogens with one attached hydrogen (secondary N) is 5. The molecule has 0 fully saturated rings. The number of hydrogen-bond donors (Lipinski definition) is 6. The van der Waals surface area contributed by atoms with Crippen molar-refractivity contribution in [2.75, 3.05) is 32.5 Å². The molecular weight excluding hydrogens is 847 g/mol. The van der Waals surface area contributed by atoms with Crippen molar-refractivity contribution in [3.63, 3.8) is 0 Å². The van der Waals surface area contributed by atoms with E-state index in [9.17, 15) is 38.4 Å². The van der Waals surface area contributed by atoms with Gasteiger partial charge in [0.1, 0.15) is 30.8 Å². The molecule has 18 nitrogen and oxygen atoms in total. The summed E-state index contributed by atoms with van der Waals surface area (Å²) in [7, 11) is 3.22. The number of carbonyl (C=O) groups is 8. The van der Waals surface area contributed by atoms with E-state index in [1.807, 2.05) is 34.6 Å². The number of urea groups is 1. The lowest BCUT2D eigenvalue weighted by molar-refractivity contribution is -0.140. The van der Waals surface area contributed by atoms with Crippen LogP contribution in [0.5, 0.6) is 0 Å². The van der Waals surface area contributed by atoms with E-state index in [0.717, 1.165) is 6.42 Å². The lowest BCUT2D eigenvalue weighted by Crippen LogP contribution is -2.58. The largest absolute Gasteiger partial charge is 0.445 e. The fourth-order valence-electron chi connectivity index (χ4n) is 7.40. The number of benzene rings is 1. The van der Waals surface area contributed by atoms with Gasteiger partial charge in [0, 0.05) is 57.1 Å². The third kappa shape index (κ3) is 17.8. The van der Waals surface area contributed by atoms with Gasteiger partial charge in [-0.15, -0.1) is 0 Å². The van der Waals surface area contributed by atoms with Crippen molar-refractivity contribution in [1.82, 2.24) is 36.0 Å². The Balaban J connectivity index is 2.05. The number of unbranched alkanes of at least 4 members (excludes halogenated alkanes) is 2. The molecule has 2 rings (SSSR count). The van der Waals surface area contributed by atoms with Gasteiger partial charge in [-0.05, 0) is 80.1 Å². The first-order valence-corrected chi connectivity index (χ1v) is 23.2. The first kappa shape index (κ1) is 56.2. The van der Waals surface area contributed by atoms with E-state index < -0.39 is 54.0 Å². The lowest BCUT2D eigenvalue weighted by Gasteiger charge is -2.35. The van der Waals surface area contributed by atoms with E-state index in [1.54, 1.807) is 61.0 Å². The average Bonchev–Trinajstić information content (AvgIpc) is 3.58. The van der Waals surface area contributed by atoms with Gasteiger partial charge in [-0.3, -0.25) is 33.7 Å². The maximum absolute atomic E-state index is 13.7. The summed E-state index contributed by atoms with van der Waals surface area (Å²) in [6.45, 7) is 21.4. The molecule has 0 saturated carbocycles. The van der Waals surface area contributed by atoms with Crippen molar-refractivity contribution in [2.24, 2.45) is 29.4 Å². The number of likely N-dealkylation sites (N-methyl/N-ethyl adjacent to an activating group) is 2. The second-order valence-electron chi connectivity index (χ2n) is 18.3. The Labute approximate surface area is 391 Å². The van der Waals surface area contributed by atoms with Gasteiger partial charge in [0.15, 0.2) is 0 Å². The number of rotatable bonds is 27. The molecule has 66 heavy (non-hydrogen) atoms. The van der Waals surface area contributed by atoms with Crippen molar-refractivity contribution in [3.05, 3.63) is 54.3 Å². The summed E-state index contributed by atoms with van der Waals surface area (Å²) < 4.78 is 5.59. The van der Waals surface area contributed by atoms with Crippen LogP contribution < -0.4 is 32.3 Å². The first-order valence-electron chi connectivity index (χ1n) is 23.2. The zero-order valence-electron chi connectivity index (χ0n) is 41.0. The second kappa shape index (κ2) is 27.5. The van der Waals surface area contributed by atoms with Gasteiger partial charge in [-0.2, -0.15) is 0 Å². The molecule has 368 valence electrons. The van der Waals surface area contributed by atoms with E-state index in [1.165, 1.54) is 18.0 Å².